The highest BCUT2D eigenvalue weighted by atomic mass is 14.2. The lowest BCUT2D eigenvalue weighted by atomic mass is 9.95. The predicted molar refractivity (Wildman–Crippen MR) is 144 cm³/mol. The Balaban J connectivity index is 1.63. The zero-order valence-electron chi connectivity index (χ0n) is 18.3. The summed E-state index contributed by atoms with van der Waals surface area (Å²) in [5.41, 5.74) is 3.00. The minimum Gasteiger partial charge on any atom is -0.192 e. The molecule has 0 amide bonds. The van der Waals surface area contributed by atoms with Crippen molar-refractivity contribution in [2.24, 2.45) is 0 Å². The van der Waals surface area contributed by atoms with Gasteiger partial charge in [-0.05, 0) is 106 Å². The Kier molecular flexibility index (Phi) is 3.26. The van der Waals surface area contributed by atoms with Gasteiger partial charge in [0, 0.05) is 0 Å². The fraction of sp³-hybridized carbons (Fsp3) is 0. The molecule has 0 spiro atoms. The van der Waals surface area contributed by atoms with Gasteiger partial charge in [-0.1, -0.05) is 72.8 Å². The Morgan fingerprint density at radius 3 is 1.88 bits per heavy atom. The normalized spacial score (nSPS) is 12.1. The molecule has 0 aliphatic carbocycles. The fourth-order valence-electron chi connectivity index (χ4n) is 6.13. The van der Waals surface area contributed by atoms with Crippen LogP contribution in [0.25, 0.3) is 75.8 Å². The first-order valence-corrected chi connectivity index (χ1v) is 11.6. The van der Waals surface area contributed by atoms with Crippen LogP contribution in [0.15, 0.2) is 103 Å². The SMILES string of the molecule is N#Cc1ccc(-c2cc3cc4c5cccc6cccc(c65)c4c4c5ccccc5c(c2)c34)cc1. The van der Waals surface area contributed by atoms with Crippen LogP contribution in [0.1, 0.15) is 5.56 Å². The maximum absolute atomic E-state index is 9.22. The van der Waals surface area contributed by atoms with Gasteiger partial charge in [0.25, 0.3) is 0 Å². The van der Waals surface area contributed by atoms with Gasteiger partial charge in [-0.2, -0.15) is 5.26 Å². The predicted octanol–water partition coefficient (Wildman–Crippen LogP) is 9.02. The second-order valence-electron chi connectivity index (χ2n) is 9.24. The average Bonchev–Trinajstić information content (AvgIpc) is 3.40. The van der Waals surface area contributed by atoms with E-state index in [2.05, 4.69) is 97.1 Å². The van der Waals surface area contributed by atoms with Crippen LogP contribution >= 0.6 is 0 Å². The van der Waals surface area contributed by atoms with Gasteiger partial charge in [-0.3, -0.25) is 0 Å². The van der Waals surface area contributed by atoms with Crippen molar-refractivity contribution in [2.45, 2.75) is 0 Å². The van der Waals surface area contributed by atoms with E-state index < -0.39 is 0 Å². The Hall–Kier alpha value is -4.67. The van der Waals surface area contributed by atoms with Gasteiger partial charge in [0.2, 0.25) is 0 Å². The van der Waals surface area contributed by atoms with Crippen LogP contribution in [0.5, 0.6) is 0 Å². The molecule has 0 unspecified atom stereocenters. The van der Waals surface area contributed by atoms with E-state index in [0.29, 0.717) is 5.56 Å². The smallest absolute Gasteiger partial charge is 0.0991 e. The summed E-state index contributed by atoms with van der Waals surface area (Å²) >= 11 is 0. The Morgan fingerprint density at radius 1 is 0.412 bits per heavy atom. The van der Waals surface area contributed by atoms with Crippen LogP contribution in [0.4, 0.5) is 0 Å². The molecule has 34 heavy (non-hydrogen) atoms. The molecule has 154 valence electrons. The summed E-state index contributed by atoms with van der Waals surface area (Å²) in [6, 6.07) is 39.3. The minimum absolute atomic E-state index is 0.686. The summed E-state index contributed by atoms with van der Waals surface area (Å²) in [6.45, 7) is 0. The Bertz CT molecular complexity index is 2100. The Morgan fingerprint density at radius 2 is 1.09 bits per heavy atom. The molecule has 8 aromatic carbocycles. The lowest BCUT2D eigenvalue weighted by Gasteiger charge is -2.08. The molecule has 0 atom stereocenters. The van der Waals surface area contributed by atoms with E-state index in [9.17, 15) is 5.26 Å². The molecule has 0 fully saturated rings. The van der Waals surface area contributed by atoms with Crippen molar-refractivity contribution in [1.82, 2.24) is 0 Å². The molecule has 0 bridgehead atoms. The molecular formula is C33H17N. The van der Waals surface area contributed by atoms with E-state index in [-0.39, 0.29) is 0 Å². The van der Waals surface area contributed by atoms with Gasteiger partial charge in [-0.15, -0.1) is 0 Å². The van der Waals surface area contributed by atoms with Crippen LogP contribution in [-0.4, -0.2) is 0 Å². The molecule has 0 radical (unpaired) electrons. The monoisotopic (exact) mass is 427 g/mol. The van der Waals surface area contributed by atoms with E-state index in [1.54, 1.807) is 0 Å². The van der Waals surface area contributed by atoms with Crippen molar-refractivity contribution in [1.29, 1.82) is 5.26 Å². The van der Waals surface area contributed by atoms with Crippen LogP contribution in [0.3, 0.4) is 0 Å². The molecule has 0 aliphatic heterocycles. The van der Waals surface area contributed by atoms with Crippen LogP contribution in [0, 0.1) is 11.3 Å². The third-order valence-corrected chi connectivity index (χ3v) is 7.54. The maximum atomic E-state index is 9.22. The molecule has 0 saturated carbocycles. The van der Waals surface area contributed by atoms with Gasteiger partial charge in [0.05, 0.1) is 11.6 Å². The zero-order chi connectivity index (χ0) is 22.4. The summed E-state index contributed by atoms with van der Waals surface area (Å²) in [6.07, 6.45) is 0. The van der Waals surface area contributed by atoms with Gasteiger partial charge in [0.15, 0.2) is 0 Å². The minimum atomic E-state index is 0.686. The first-order chi connectivity index (χ1) is 16.8. The van der Waals surface area contributed by atoms with Gasteiger partial charge < -0.3 is 0 Å². The van der Waals surface area contributed by atoms with Crippen LogP contribution in [-0.2, 0) is 0 Å². The third kappa shape index (κ3) is 2.13. The van der Waals surface area contributed by atoms with Gasteiger partial charge in [-0.25, -0.2) is 0 Å². The van der Waals surface area contributed by atoms with E-state index in [1.165, 1.54) is 70.2 Å². The summed E-state index contributed by atoms with van der Waals surface area (Å²) < 4.78 is 0. The van der Waals surface area contributed by atoms with E-state index in [4.69, 9.17) is 0 Å². The number of nitrogens with zero attached hydrogens (tertiary/aromatic N) is 1. The van der Waals surface area contributed by atoms with E-state index in [1.807, 2.05) is 12.1 Å². The van der Waals surface area contributed by atoms with Crippen molar-refractivity contribution in [3.63, 3.8) is 0 Å². The van der Waals surface area contributed by atoms with Crippen molar-refractivity contribution in [2.75, 3.05) is 0 Å². The Labute approximate surface area is 195 Å². The molecule has 0 N–H and O–H groups in total. The summed E-state index contributed by atoms with van der Waals surface area (Å²) in [5, 5.41) is 25.2. The summed E-state index contributed by atoms with van der Waals surface area (Å²) in [7, 11) is 0. The van der Waals surface area contributed by atoms with Crippen molar-refractivity contribution >= 4 is 64.6 Å². The molecule has 0 saturated heterocycles. The topological polar surface area (TPSA) is 23.8 Å². The third-order valence-electron chi connectivity index (χ3n) is 7.54. The summed E-state index contributed by atoms with van der Waals surface area (Å²) in [4.78, 5) is 0. The standard InChI is InChI=1S/C33H17N/c34-18-19-11-13-20(14-12-19)22-15-23-17-29-26-9-3-5-21-6-4-10-27(30(21)26)32(29)33-25-8-2-1-7-24(25)28(16-22)31(23)33/h1-17H. The van der Waals surface area contributed by atoms with Gasteiger partial charge in [0.1, 0.15) is 0 Å². The van der Waals surface area contributed by atoms with Crippen LogP contribution < -0.4 is 0 Å². The number of benzene rings is 6. The van der Waals surface area contributed by atoms with Crippen molar-refractivity contribution in [3.05, 3.63) is 109 Å². The highest BCUT2D eigenvalue weighted by Gasteiger charge is 2.20. The lowest BCUT2D eigenvalue weighted by Crippen LogP contribution is -1.82. The second-order valence-corrected chi connectivity index (χ2v) is 9.24. The quantitative estimate of drug-likeness (QED) is 0.256. The fourth-order valence-corrected chi connectivity index (χ4v) is 6.13. The number of nitriles is 1. The second kappa shape index (κ2) is 6.22. The zero-order valence-corrected chi connectivity index (χ0v) is 18.3. The lowest BCUT2D eigenvalue weighted by molar-refractivity contribution is 1.48. The molecule has 1 nitrogen and oxygen atoms in total. The van der Waals surface area contributed by atoms with Gasteiger partial charge >= 0.3 is 0 Å². The van der Waals surface area contributed by atoms with Crippen molar-refractivity contribution in [3.8, 4) is 17.2 Å². The number of rotatable bonds is 1. The first-order valence-electron chi connectivity index (χ1n) is 11.6. The number of hydrogen-bond acceptors (Lipinski definition) is 1. The highest BCUT2D eigenvalue weighted by molar-refractivity contribution is 6.45. The average molecular weight is 428 g/mol. The maximum Gasteiger partial charge on any atom is 0.0991 e. The number of fused-ring (bicyclic) bond motifs is 7. The molecule has 8 rings (SSSR count). The van der Waals surface area contributed by atoms with E-state index >= 15 is 0 Å². The van der Waals surface area contributed by atoms with Crippen LogP contribution in [0.2, 0.25) is 0 Å². The summed E-state index contributed by atoms with van der Waals surface area (Å²) in [5.74, 6) is 0. The molecule has 8 aromatic rings. The number of hydrogen-bond donors (Lipinski definition) is 0. The molecule has 1 heteroatoms. The van der Waals surface area contributed by atoms with Crippen molar-refractivity contribution < 1.29 is 0 Å². The largest absolute Gasteiger partial charge is 0.192 e. The highest BCUT2D eigenvalue weighted by Crippen LogP contribution is 2.49. The van der Waals surface area contributed by atoms with E-state index in [0.717, 1.165) is 5.56 Å². The molecule has 0 aromatic heterocycles. The molecule has 0 heterocycles. The molecular weight excluding hydrogens is 410 g/mol. The molecule has 0 aliphatic rings. The first kappa shape index (κ1) is 17.8.